The number of carbonyl (C=O) groups is 1. The number of pyridine rings is 1. The van der Waals surface area contributed by atoms with E-state index >= 15 is 0 Å². The minimum absolute atomic E-state index is 0.00634. The van der Waals surface area contributed by atoms with Gasteiger partial charge in [-0.2, -0.15) is 0 Å². The lowest BCUT2D eigenvalue weighted by Gasteiger charge is -2.12. The summed E-state index contributed by atoms with van der Waals surface area (Å²) in [4.78, 5) is 15.2. The maximum atomic E-state index is 11.1. The Morgan fingerprint density at radius 2 is 1.80 bits per heavy atom. The lowest BCUT2D eigenvalue weighted by molar-refractivity contribution is -0.119. The summed E-state index contributed by atoms with van der Waals surface area (Å²) < 4.78 is 5.58. The van der Waals surface area contributed by atoms with Crippen LogP contribution in [0.15, 0.2) is 42.6 Å². The zero-order chi connectivity index (χ0) is 18.2. The van der Waals surface area contributed by atoms with Crippen molar-refractivity contribution in [1.29, 1.82) is 0 Å². The Balaban J connectivity index is 2.02. The van der Waals surface area contributed by atoms with Crippen LogP contribution in [0.4, 0.5) is 0 Å². The number of nitrogens with one attached hydrogen (secondary N) is 1. The van der Waals surface area contributed by atoms with Crippen molar-refractivity contribution in [1.82, 2.24) is 10.3 Å². The second-order valence-corrected chi connectivity index (χ2v) is 6.30. The molecule has 1 aromatic heterocycles. The highest BCUT2D eigenvalue weighted by molar-refractivity contribution is 5.73. The summed E-state index contributed by atoms with van der Waals surface area (Å²) in [6.45, 7) is 7.46. The zero-order valence-electron chi connectivity index (χ0n) is 15.2. The van der Waals surface area contributed by atoms with E-state index < -0.39 is 0 Å². The summed E-state index contributed by atoms with van der Waals surface area (Å²) >= 11 is 0. The molecule has 1 unspecified atom stereocenters. The van der Waals surface area contributed by atoms with E-state index in [2.05, 4.69) is 22.1 Å². The molecule has 0 spiro atoms. The van der Waals surface area contributed by atoms with Crippen molar-refractivity contribution in [2.75, 3.05) is 0 Å². The van der Waals surface area contributed by atoms with Crippen molar-refractivity contribution < 1.29 is 9.53 Å². The molecule has 0 saturated carbocycles. The maximum absolute atomic E-state index is 11.1. The first-order valence-electron chi connectivity index (χ1n) is 8.43. The number of carbonyl (C=O) groups excluding carboxylic acids is 1. The molecule has 4 heteroatoms. The third-order valence-corrected chi connectivity index (χ3v) is 3.39. The Kier molecular flexibility index (Phi) is 6.59. The molecule has 1 atom stereocenters. The van der Waals surface area contributed by atoms with E-state index in [0.717, 1.165) is 17.5 Å². The fraction of sp³-hybridized carbons (Fsp3) is 0.333. The van der Waals surface area contributed by atoms with Crippen LogP contribution in [-0.4, -0.2) is 23.0 Å². The largest absolute Gasteiger partial charge is 0.475 e. The molecule has 0 radical (unpaired) electrons. The molecule has 130 valence electrons. The standard InChI is InChI=1S/C21H24N2O2/c1-15(2)25-21-14-20(11-12-22-21)10-7-18-5-8-19(9-6-18)13-16(3)23-17(4)24/h5-6,8-9,11-12,14-16H,13H2,1-4H3,(H,23,24). The van der Waals surface area contributed by atoms with E-state index in [-0.39, 0.29) is 18.1 Å². The Morgan fingerprint density at radius 3 is 2.44 bits per heavy atom. The van der Waals surface area contributed by atoms with Crippen molar-refractivity contribution in [2.45, 2.75) is 46.3 Å². The highest BCUT2D eigenvalue weighted by Gasteiger charge is 2.04. The van der Waals surface area contributed by atoms with Gasteiger partial charge in [0.1, 0.15) is 0 Å². The Hall–Kier alpha value is -2.80. The molecule has 0 saturated heterocycles. The highest BCUT2D eigenvalue weighted by Crippen LogP contribution is 2.11. The third kappa shape index (κ3) is 6.68. The highest BCUT2D eigenvalue weighted by atomic mass is 16.5. The Morgan fingerprint density at radius 1 is 1.12 bits per heavy atom. The molecule has 1 heterocycles. The van der Waals surface area contributed by atoms with Gasteiger partial charge in [0, 0.05) is 36.4 Å². The van der Waals surface area contributed by atoms with Crippen molar-refractivity contribution in [2.24, 2.45) is 0 Å². The number of hydrogen-bond donors (Lipinski definition) is 1. The molecule has 0 aliphatic heterocycles. The molecule has 2 rings (SSSR count). The van der Waals surface area contributed by atoms with E-state index in [4.69, 9.17) is 4.74 Å². The molecule has 0 fully saturated rings. The van der Waals surface area contributed by atoms with Crippen molar-refractivity contribution in [3.05, 3.63) is 59.3 Å². The van der Waals surface area contributed by atoms with Crippen LogP contribution in [0.2, 0.25) is 0 Å². The van der Waals surface area contributed by atoms with E-state index in [0.29, 0.717) is 5.88 Å². The number of benzene rings is 1. The number of nitrogens with zero attached hydrogens (tertiary/aromatic N) is 1. The second kappa shape index (κ2) is 8.89. The van der Waals surface area contributed by atoms with Gasteiger partial charge in [0.2, 0.25) is 11.8 Å². The van der Waals surface area contributed by atoms with Crippen LogP contribution in [0, 0.1) is 11.8 Å². The van der Waals surface area contributed by atoms with Gasteiger partial charge < -0.3 is 10.1 Å². The van der Waals surface area contributed by atoms with Gasteiger partial charge in [0.25, 0.3) is 0 Å². The van der Waals surface area contributed by atoms with Crippen LogP contribution in [0.5, 0.6) is 5.88 Å². The lowest BCUT2D eigenvalue weighted by atomic mass is 10.1. The SMILES string of the molecule is CC(=O)NC(C)Cc1ccc(C#Cc2ccnc(OC(C)C)c2)cc1. The summed E-state index contributed by atoms with van der Waals surface area (Å²) in [5.74, 6) is 6.87. The van der Waals surface area contributed by atoms with Gasteiger partial charge in [-0.15, -0.1) is 0 Å². The summed E-state index contributed by atoms with van der Waals surface area (Å²) in [5, 5.41) is 2.89. The molecule has 1 amide bonds. The third-order valence-electron chi connectivity index (χ3n) is 3.39. The van der Waals surface area contributed by atoms with E-state index in [9.17, 15) is 4.79 Å². The molecular weight excluding hydrogens is 312 g/mol. The van der Waals surface area contributed by atoms with Gasteiger partial charge in [0.15, 0.2) is 0 Å². The molecule has 4 nitrogen and oxygen atoms in total. The monoisotopic (exact) mass is 336 g/mol. The average molecular weight is 336 g/mol. The van der Waals surface area contributed by atoms with Crippen LogP contribution < -0.4 is 10.1 Å². The van der Waals surface area contributed by atoms with Crippen LogP contribution in [0.1, 0.15) is 44.4 Å². The average Bonchev–Trinajstić information content (AvgIpc) is 2.53. The minimum atomic E-state index is -0.00634. The lowest BCUT2D eigenvalue weighted by Crippen LogP contribution is -2.31. The van der Waals surface area contributed by atoms with Gasteiger partial charge in [-0.3, -0.25) is 4.79 Å². The predicted octanol–water partition coefficient (Wildman–Crippen LogP) is 3.34. The normalized spacial score (nSPS) is 11.4. The summed E-state index contributed by atoms with van der Waals surface area (Å²) in [5.41, 5.74) is 2.98. The van der Waals surface area contributed by atoms with Crippen LogP contribution in [0.3, 0.4) is 0 Å². The van der Waals surface area contributed by atoms with E-state index in [1.165, 1.54) is 12.5 Å². The van der Waals surface area contributed by atoms with Crippen LogP contribution >= 0.6 is 0 Å². The second-order valence-electron chi connectivity index (χ2n) is 6.30. The molecule has 1 aromatic carbocycles. The Bertz CT molecular complexity index is 770. The van der Waals surface area contributed by atoms with E-state index in [1.54, 1.807) is 6.20 Å². The quantitative estimate of drug-likeness (QED) is 0.852. The molecular formula is C21H24N2O2. The topological polar surface area (TPSA) is 51.2 Å². The van der Waals surface area contributed by atoms with E-state index in [1.807, 2.05) is 57.2 Å². The Labute approximate surface area is 149 Å². The first-order chi connectivity index (χ1) is 11.9. The van der Waals surface area contributed by atoms with Gasteiger partial charge in [-0.1, -0.05) is 24.0 Å². The number of rotatable bonds is 5. The smallest absolute Gasteiger partial charge is 0.217 e. The number of hydrogen-bond acceptors (Lipinski definition) is 3. The van der Waals surface area contributed by atoms with Crippen LogP contribution in [-0.2, 0) is 11.2 Å². The molecule has 2 aromatic rings. The number of amides is 1. The van der Waals surface area contributed by atoms with Gasteiger partial charge in [-0.25, -0.2) is 4.98 Å². The van der Waals surface area contributed by atoms with Gasteiger partial charge >= 0.3 is 0 Å². The van der Waals surface area contributed by atoms with Gasteiger partial charge in [0.05, 0.1) is 6.10 Å². The first kappa shape index (κ1) is 18.5. The van der Waals surface area contributed by atoms with Crippen molar-refractivity contribution in [3.63, 3.8) is 0 Å². The fourth-order valence-corrected chi connectivity index (χ4v) is 2.41. The summed E-state index contributed by atoms with van der Waals surface area (Å²) in [6, 6.07) is 11.9. The number of aromatic nitrogens is 1. The molecule has 1 N–H and O–H groups in total. The minimum Gasteiger partial charge on any atom is -0.475 e. The van der Waals surface area contributed by atoms with Crippen molar-refractivity contribution >= 4 is 5.91 Å². The first-order valence-corrected chi connectivity index (χ1v) is 8.43. The number of ether oxygens (including phenoxy) is 1. The van der Waals surface area contributed by atoms with Crippen LogP contribution in [0.25, 0.3) is 0 Å². The molecule has 25 heavy (non-hydrogen) atoms. The molecule has 0 bridgehead atoms. The molecule has 0 aliphatic carbocycles. The summed E-state index contributed by atoms with van der Waals surface area (Å²) in [6.07, 6.45) is 2.59. The zero-order valence-corrected chi connectivity index (χ0v) is 15.2. The fourth-order valence-electron chi connectivity index (χ4n) is 2.41. The predicted molar refractivity (Wildman–Crippen MR) is 99.4 cm³/mol. The van der Waals surface area contributed by atoms with Crippen molar-refractivity contribution in [3.8, 4) is 17.7 Å². The maximum Gasteiger partial charge on any atom is 0.217 e. The molecule has 0 aliphatic rings. The van der Waals surface area contributed by atoms with Gasteiger partial charge in [-0.05, 0) is 51.0 Å². The summed E-state index contributed by atoms with van der Waals surface area (Å²) in [7, 11) is 0.